The number of anilines is 1. The maximum Gasteiger partial charge on any atom is 0.308 e. The van der Waals surface area contributed by atoms with Crippen molar-refractivity contribution in [3.05, 3.63) is 72.3 Å². The Morgan fingerprint density at radius 3 is 2.29 bits per heavy atom. The molecule has 0 saturated carbocycles. The number of fused-ring (bicyclic) bond motifs is 1. The molecule has 0 spiro atoms. The number of hydrogen-bond donors (Lipinski definition) is 1. The standard InChI is InChI=1S/C24H21NO6/c1-16(26)31-19-11-9-18(10-12-19)22(27)15-30-24(29)14-13-23(28)25-21-8-4-6-17-5-2-3-7-20(17)21/h2-12H,13-15H2,1H3,(H,25,28). The van der Waals surface area contributed by atoms with Crippen LogP contribution in [0.3, 0.4) is 0 Å². The van der Waals surface area contributed by atoms with Crippen LogP contribution in [0.15, 0.2) is 66.7 Å². The highest BCUT2D eigenvalue weighted by Crippen LogP contribution is 2.23. The van der Waals surface area contributed by atoms with Gasteiger partial charge in [0, 0.05) is 30.0 Å². The van der Waals surface area contributed by atoms with E-state index in [1.807, 2.05) is 36.4 Å². The van der Waals surface area contributed by atoms with Crippen LogP contribution in [0.25, 0.3) is 10.8 Å². The molecular formula is C24H21NO6. The van der Waals surface area contributed by atoms with Crippen LogP contribution < -0.4 is 10.1 Å². The van der Waals surface area contributed by atoms with E-state index in [-0.39, 0.29) is 18.7 Å². The molecule has 0 aliphatic heterocycles. The van der Waals surface area contributed by atoms with Crippen molar-refractivity contribution >= 4 is 40.1 Å². The average molecular weight is 419 g/mol. The van der Waals surface area contributed by atoms with Gasteiger partial charge in [-0.3, -0.25) is 19.2 Å². The molecule has 0 fully saturated rings. The summed E-state index contributed by atoms with van der Waals surface area (Å²) in [4.78, 5) is 47.1. The fourth-order valence-corrected chi connectivity index (χ4v) is 2.94. The summed E-state index contributed by atoms with van der Waals surface area (Å²) in [5.74, 6) is -1.50. The van der Waals surface area contributed by atoms with Crippen molar-refractivity contribution in [2.24, 2.45) is 0 Å². The number of amides is 1. The van der Waals surface area contributed by atoms with Crippen LogP contribution in [-0.2, 0) is 19.1 Å². The number of hydrogen-bond acceptors (Lipinski definition) is 6. The predicted octanol–water partition coefficient (Wildman–Crippen LogP) is 3.91. The van der Waals surface area contributed by atoms with Gasteiger partial charge in [-0.25, -0.2) is 0 Å². The van der Waals surface area contributed by atoms with E-state index in [1.165, 1.54) is 31.2 Å². The van der Waals surface area contributed by atoms with Crippen molar-refractivity contribution in [2.75, 3.05) is 11.9 Å². The van der Waals surface area contributed by atoms with Crippen LogP contribution in [0.4, 0.5) is 5.69 Å². The first-order valence-electron chi connectivity index (χ1n) is 9.67. The first-order valence-corrected chi connectivity index (χ1v) is 9.67. The molecule has 0 unspecified atom stereocenters. The van der Waals surface area contributed by atoms with Gasteiger partial charge in [-0.15, -0.1) is 0 Å². The zero-order valence-electron chi connectivity index (χ0n) is 16.9. The SMILES string of the molecule is CC(=O)Oc1ccc(C(=O)COC(=O)CCC(=O)Nc2cccc3ccccc23)cc1. The van der Waals surface area contributed by atoms with E-state index in [1.54, 1.807) is 6.07 Å². The Labute approximate surface area is 179 Å². The molecule has 1 amide bonds. The topological polar surface area (TPSA) is 98.8 Å². The molecule has 1 N–H and O–H groups in total. The van der Waals surface area contributed by atoms with E-state index in [4.69, 9.17) is 9.47 Å². The third-order valence-corrected chi connectivity index (χ3v) is 4.42. The van der Waals surface area contributed by atoms with E-state index in [9.17, 15) is 19.2 Å². The van der Waals surface area contributed by atoms with Crippen LogP contribution >= 0.6 is 0 Å². The van der Waals surface area contributed by atoms with Crippen molar-refractivity contribution < 1.29 is 28.7 Å². The van der Waals surface area contributed by atoms with Gasteiger partial charge in [0.25, 0.3) is 0 Å². The minimum atomic E-state index is -0.641. The summed E-state index contributed by atoms with van der Waals surface area (Å²) in [7, 11) is 0. The molecule has 7 nitrogen and oxygen atoms in total. The van der Waals surface area contributed by atoms with Crippen LogP contribution in [0, 0.1) is 0 Å². The van der Waals surface area contributed by atoms with Crippen LogP contribution in [-0.4, -0.2) is 30.2 Å². The highest BCUT2D eigenvalue weighted by atomic mass is 16.5. The molecule has 0 atom stereocenters. The molecule has 3 aromatic carbocycles. The molecule has 3 aromatic rings. The Balaban J connectivity index is 1.45. The molecule has 0 aliphatic rings. The molecule has 0 bridgehead atoms. The number of ketones is 1. The lowest BCUT2D eigenvalue weighted by Gasteiger charge is -2.09. The van der Waals surface area contributed by atoms with Gasteiger partial charge in [0.1, 0.15) is 5.75 Å². The van der Waals surface area contributed by atoms with E-state index < -0.39 is 24.3 Å². The van der Waals surface area contributed by atoms with Crippen LogP contribution in [0.1, 0.15) is 30.1 Å². The molecule has 3 rings (SSSR count). The second-order valence-corrected chi connectivity index (χ2v) is 6.78. The summed E-state index contributed by atoms with van der Waals surface area (Å²) in [6.45, 7) is 0.845. The second-order valence-electron chi connectivity index (χ2n) is 6.78. The molecular weight excluding hydrogens is 398 g/mol. The van der Waals surface area contributed by atoms with Crippen molar-refractivity contribution in [2.45, 2.75) is 19.8 Å². The van der Waals surface area contributed by atoms with Gasteiger partial charge in [0.05, 0.1) is 6.42 Å². The van der Waals surface area contributed by atoms with Crippen molar-refractivity contribution in [3.8, 4) is 5.75 Å². The average Bonchev–Trinajstić information content (AvgIpc) is 2.76. The van der Waals surface area contributed by atoms with Gasteiger partial charge in [-0.1, -0.05) is 36.4 Å². The Morgan fingerprint density at radius 2 is 1.55 bits per heavy atom. The monoisotopic (exact) mass is 419 g/mol. The number of carbonyl (C=O) groups is 4. The van der Waals surface area contributed by atoms with E-state index in [0.717, 1.165) is 10.8 Å². The van der Waals surface area contributed by atoms with E-state index in [0.29, 0.717) is 17.0 Å². The number of benzene rings is 3. The Hall–Kier alpha value is -4.00. The lowest BCUT2D eigenvalue weighted by molar-refractivity contribution is -0.143. The third kappa shape index (κ3) is 6.24. The number of ether oxygens (including phenoxy) is 2. The molecule has 7 heteroatoms. The summed E-state index contributed by atoms with van der Waals surface area (Å²) >= 11 is 0. The minimum absolute atomic E-state index is 0.0622. The lowest BCUT2D eigenvalue weighted by atomic mass is 10.1. The van der Waals surface area contributed by atoms with Gasteiger partial charge in [0.2, 0.25) is 5.91 Å². The fourth-order valence-electron chi connectivity index (χ4n) is 2.94. The highest BCUT2D eigenvalue weighted by molar-refractivity contribution is 6.02. The number of esters is 2. The van der Waals surface area contributed by atoms with E-state index in [2.05, 4.69) is 5.32 Å². The lowest BCUT2D eigenvalue weighted by Crippen LogP contribution is -2.17. The first kappa shape index (κ1) is 21.7. The predicted molar refractivity (Wildman–Crippen MR) is 115 cm³/mol. The summed E-state index contributed by atoms with van der Waals surface area (Å²) < 4.78 is 9.86. The zero-order valence-corrected chi connectivity index (χ0v) is 16.9. The Morgan fingerprint density at radius 1 is 0.839 bits per heavy atom. The molecule has 0 heterocycles. The number of rotatable bonds is 8. The Kier molecular flexibility index (Phi) is 7.11. The molecule has 0 aliphatic carbocycles. The number of carbonyl (C=O) groups excluding carboxylic acids is 4. The van der Waals surface area contributed by atoms with Gasteiger partial charge >= 0.3 is 11.9 Å². The third-order valence-electron chi connectivity index (χ3n) is 4.42. The summed E-state index contributed by atoms with van der Waals surface area (Å²) in [5, 5.41) is 4.71. The van der Waals surface area contributed by atoms with Crippen LogP contribution in [0.5, 0.6) is 5.75 Å². The van der Waals surface area contributed by atoms with Crippen molar-refractivity contribution in [1.29, 1.82) is 0 Å². The number of Topliss-reactive ketones (excluding diaryl/α,β-unsaturated/α-hetero) is 1. The normalized spacial score (nSPS) is 10.4. The van der Waals surface area contributed by atoms with Crippen LogP contribution in [0.2, 0.25) is 0 Å². The molecule has 0 saturated heterocycles. The summed E-state index contributed by atoms with van der Waals surface area (Å²) in [5.41, 5.74) is 0.987. The number of nitrogens with one attached hydrogen (secondary N) is 1. The molecule has 0 aromatic heterocycles. The highest BCUT2D eigenvalue weighted by Gasteiger charge is 2.13. The molecule has 0 radical (unpaired) electrons. The quantitative estimate of drug-likeness (QED) is 0.338. The van der Waals surface area contributed by atoms with Crippen molar-refractivity contribution in [1.82, 2.24) is 0 Å². The van der Waals surface area contributed by atoms with Gasteiger partial charge in [0.15, 0.2) is 12.4 Å². The van der Waals surface area contributed by atoms with Gasteiger partial charge in [-0.05, 0) is 35.7 Å². The minimum Gasteiger partial charge on any atom is -0.457 e. The Bertz CT molecular complexity index is 1120. The van der Waals surface area contributed by atoms with Crippen molar-refractivity contribution in [3.63, 3.8) is 0 Å². The molecule has 158 valence electrons. The summed E-state index contributed by atoms with van der Waals surface area (Å²) in [6.07, 6.45) is -0.206. The summed E-state index contributed by atoms with van der Waals surface area (Å²) in [6, 6.07) is 19.2. The van der Waals surface area contributed by atoms with E-state index >= 15 is 0 Å². The molecule has 31 heavy (non-hydrogen) atoms. The smallest absolute Gasteiger partial charge is 0.308 e. The zero-order chi connectivity index (χ0) is 22.2. The van der Waals surface area contributed by atoms with Gasteiger partial charge < -0.3 is 14.8 Å². The second kappa shape index (κ2) is 10.2. The fraction of sp³-hybridized carbons (Fsp3) is 0.167. The van der Waals surface area contributed by atoms with Gasteiger partial charge in [-0.2, -0.15) is 0 Å². The maximum absolute atomic E-state index is 12.2. The largest absolute Gasteiger partial charge is 0.457 e. The first-order chi connectivity index (χ1) is 14.9. The maximum atomic E-state index is 12.2.